The number of hydrogen-bond acceptors (Lipinski definition) is 3. The summed E-state index contributed by atoms with van der Waals surface area (Å²) in [6, 6.07) is 8.21. The number of aryl methyl sites for hydroxylation is 1. The molecule has 80 valence electrons. The molecule has 1 aromatic carbocycles. The summed E-state index contributed by atoms with van der Waals surface area (Å²) in [4.78, 5) is 3.79. The van der Waals surface area contributed by atoms with Crippen LogP contribution < -0.4 is 5.14 Å². The van der Waals surface area contributed by atoms with Crippen LogP contribution in [0.1, 0.15) is 18.4 Å². The van der Waals surface area contributed by atoms with Gasteiger partial charge in [-0.2, -0.15) is 0 Å². The molecule has 0 aromatic heterocycles. The molecule has 1 aromatic rings. The lowest BCUT2D eigenvalue weighted by molar-refractivity contribution is 0.742. The molecule has 15 heavy (non-hydrogen) atoms. The van der Waals surface area contributed by atoms with E-state index < -0.39 is 0 Å². The quantitative estimate of drug-likeness (QED) is 0.263. The Bertz CT molecular complexity index is 330. The molecule has 0 heterocycles. The lowest BCUT2D eigenvalue weighted by Crippen LogP contribution is -1.88. The monoisotopic (exact) mass is 222 g/mol. The zero-order valence-corrected chi connectivity index (χ0v) is 9.28. The average Bonchev–Trinajstić information content (AvgIpc) is 2.30. The third-order valence-electron chi connectivity index (χ3n) is 2.10. The summed E-state index contributed by atoms with van der Waals surface area (Å²) in [6.07, 6.45) is 3.02. The highest BCUT2D eigenvalue weighted by molar-refractivity contribution is 7.97. The van der Waals surface area contributed by atoms with Crippen molar-refractivity contribution in [3.8, 4) is 0 Å². The minimum Gasteiger partial charge on any atom is -0.274 e. The molecular weight excluding hydrogens is 208 g/mol. The van der Waals surface area contributed by atoms with E-state index in [-0.39, 0.29) is 0 Å². The maximum absolute atomic E-state index is 8.08. The van der Waals surface area contributed by atoms with Gasteiger partial charge in [-0.25, -0.2) is 0 Å². The van der Waals surface area contributed by atoms with Crippen molar-refractivity contribution in [3.63, 3.8) is 0 Å². The lowest BCUT2D eigenvalue weighted by Gasteiger charge is -2.01. The van der Waals surface area contributed by atoms with E-state index in [2.05, 4.69) is 22.2 Å². The number of azide groups is 1. The van der Waals surface area contributed by atoms with Crippen LogP contribution in [0.3, 0.4) is 0 Å². The Balaban J connectivity index is 2.28. The molecule has 0 amide bonds. The summed E-state index contributed by atoms with van der Waals surface area (Å²) in [5.41, 5.74) is 9.38. The van der Waals surface area contributed by atoms with E-state index in [1.54, 1.807) is 0 Å². The van der Waals surface area contributed by atoms with Crippen LogP contribution in [-0.4, -0.2) is 6.54 Å². The number of rotatable bonds is 6. The van der Waals surface area contributed by atoms with E-state index in [0.29, 0.717) is 6.54 Å². The molecule has 2 N–H and O–H groups in total. The van der Waals surface area contributed by atoms with E-state index in [9.17, 15) is 0 Å². The van der Waals surface area contributed by atoms with Crippen molar-refractivity contribution < 1.29 is 0 Å². The predicted molar refractivity (Wildman–Crippen MR) is 63.4 cm³/mol. The Morgan fingerprint density at radius 1 is 1.27 bits per heavy atom. The van der Waals surface area contributed by atoms with Gasteiger partial charge >= 0.3 is 0 Å². The van der Waals surface area contributed by atoms with Gasteiger partial charge in [0.25, 0.3) is 0 Å². The third kappa shape index (κ3) is 4.74. The Morgan fingerprint density at radius 2 is 2.00 bits per heavy atom. The van der Waals surface area contributed by atoms with Crippen LogP contribution in [0.2, 0.25) is 0 Å². The molecule has 0 saturated carbocycles. The first-order valence-electron chi connectivity index (χ1n) is 4.83. The first kappa shape index (κ1) is 11.9. The molecule has 0 spiro atoms. The fourth-order valence-electron chi connectivity index (χ4n) is 1.29. The number of hydrogen-bond donors (Lipinski definition) is 1. The number of benzene rings is 1. The summed E-state index contributed by atoms with van der Waals surface area (Å²) >= 11 is 1.26. The molecule has 0 fully saturated rings. The maximum atomic E-state index is 8.08. The predicted octanol–water partition coefficient (Wildman–Crippen LogP) is 3.29. The minimum atomic E-state index is 0.591. The molecule has 0 saturated heterocycles. The smallest absolute Gasteiger partial charge is 0.0258 e. The Labute approximate surface area is 93.6 Å². The molecule has 0 unspecified atom stereocenters. The van der Waals surface area contributed by atoms with Gasteiger partial charge in [0.15, 0.2) is 0 Å². The number of nitrogens with two attached hydrogens (primary N) is 1. The van der Waals surface area contributed by atoms with Crippen molar-refractivity contribution >= 4 is 11.9 Å². The standard InChI is InChI=1S/C10H14N4S/c11-14-13-8-2-1-3-9-4-6-10(15-12)7-5-9/h4-7H,1-3,8,12H2. The van der Waals surface area contributed by atoms with Crippen molar-refractivity contribution in [2.24, 2.45) is 10.3 Å². The summed E-state index contributed by atoms with van der Waals surface area (Å²) in [7, 11) is 0. The van der Waals surface area contributed by atoms with Gasteiger partial charge < -0.3 is 0 Å². The average molecular weight is 222 g/mol. The van der Waals surface area contributed by atoms with Crippen molar-refractivity contribution in [2.45, 2.75) is 24.2 Å². The van der Waals surface area contributed by atoms with Gasteiger partial charge in [0.2, 0.25) is 0 Å². The SMILES string of the molecule is [N-]=[N+]=NCCCCc1ccc(SN)cc1. The molecule has 4 nitrogen and oxygen atoms in total. The molecule has 0 aliphatic heterocycles. The first-order chi connectivity index (χ1) is 7.36. The highest BCUT2D eigenvalue weighted by Gasteiger charge is 1.94. The minimum absolute atomic E-state index is 0.591. The van der Waals surface area contributed by atoms with Gasteiger partial charge in [-0.15, -0.1) is 0 Å². The summed E-state index contributed by atoms with van der Waals surface area (Å²) in [5.74, 6) is 0. The second-order valence-corrected chi connectivity index (χ2v) is 3.88. The Kier molecular flexibility index (Phi) is 5.70. The number of nitrogens with zero attached hydrogens (tertiary/aromatic N) is 3. The van der Waals surface area contributed by atoms with E-state index in [1.807, 2.05) is 12.1 Å². The maximum Gasteiger partial charge on any atom is 0.0258 e. The van der Waals surface area contributed by atoms with E-state index >= 15 is 0 Å². The molecule has 1 rings (SSSR count). The van der Waals surface area contributed by atoms with Gasteiger partial charge in [-0.05, 0) is 54.4 Å². The zero-order valence-electron chi connectivity index (χ0n) is 8.47. The van der Waals surface area contributed by atoms with Gasteiger partial charge in [0.05, 0.1) is 0 Å². The molecule has 0 atom stereocenters. The Morgan fingerprint density at radius 3 is 2.60 bits per heavy atom. The van der Waals surface area contributed by atoms with Crippen LogP contribution >= 0.6 is 11.9 Å². The third-order valence-corrected chi connectivity index (χ3v) is 2.64. The van der Waals surface area contributed by atoms with E-state index in [1.165, 1.54) is 17.5 Å². The van der Waals surface area contributed by atoms with E-state index in [0.717, 1.165) is 24.2 Å². The molecule has 0 aliphatic rings. The second-order valence-electron chi connectivity index (χ2n) is 3.17. The fraction of sp³-hybridized carbons (Fsp3) is 0.400. The molecular formula is C10H14N4S. The van der Waals surface area contributed by atoms with E-state index in [4.69, 9.17) is 10.7 Å². The summed E-state index contributed by atoms with van der Waals surface area (Å²) in [6.45, 7) is 0.591. The van der Waals surface area contributed by atoms with Crippen LogP contribution in [0.25, 0.3) is 10.4 Å². The molecule has 0 aliphatic carbocycles. The zero-order chi connectivity index (χ0) is 10.9. The van der Waals surface area contributed by atoms with Gasteiger partial charge in [0.1, 0.15) is 0 Å². The van der Waals surface area contributed by atoms with Crippen LogP contribution in [-0.2, 0) is 6.42 Å². The van der Waals surface area contributed by atoms with Crippen LogP contribution in [0, 0.1) is 0 Å². The second kappa shape index (κ2) is 7.17. The summed E-state index contributed by atoms with van der Waals surface area (Å²) < 4.78 is 0. The fourth-order valence-corrected chi connectivity index (χ4v) is 1.58. The van der Waals surface area contributed by atoms with Crippen LogP contribution in [0.5, 0.6) is 0 Å². The Hall–Kier alpha value is -1.16. The first-order valence-corrected chi connectivity index (χ1v) is 5.71. The van der Waals surface area contributed by atoms with Crippen molar-refractivity contribution in [1.29, 1.82) is 0 Å². The topological polar surface area (TPSA) is 74.8 Å². The van der Waals surface area contributed by atoms with Crippen LogP contribution in [0.4, 0.5) is 0 Å². The number of unbranched alkanes of at least 4 members (excludes halogenated alkanes) is 1. The van der Waals surface area contributed by atoms with Gasteiger partial charge in [0, 0.05) is 16.4 Å². The van der Waals surface area contributed by atoms with Gasteiger partial charge in [-0.3, -0.25) is 5.14 Å². The highest BCUT2D eigenvalue weighted by Crippen LogP contribution is 2.13. The molecule has 0 radical (unpaired) electrons. The van der Waals surface area contributed by atoms with Crippen molar-refractivity contribution in [2.75, 3.05) is 6.54 Å². The van der Waals surface area contributed by atoms with Gasteiger partial charge in [-0.1, -0.05) is 17.2 Å². The highest BCUT2D eigenvalue weighted by atomic mass is 32.2. The van der Waals surface area contributed by atoms with Crippen molar-refractivity contribution in [1.82, 2.24) is 0 Å². The summed E-state index contributed by atoms with van der Waals surface area (Å²) in [5, 5.41) is 8.92. The molecule has 5 heteroatoms. The van der Waals surface area contributed by atoms with Crippen LogP contribution in [0.15, 0.2) is 34.3 Å². The lowest BCUT2D eigenvalue weighted by atomic mass is 10.1. The normalized spacial score (nSPS) is 9.67. The van der Waals surface area contributed by atoms with Crippen molar-refractivity contribution in [3.05, 3.63) is 40.3 Å². The molecule has 0 bridgehead atoms. The largest absolute Gasteiger partial charge is 0.274 e.